The van der Waals surface area contributed by atoms with Gasteiger partial charge in [0.2, 0.25) is 0 Å². The number of benzene rings is 3. The highest BCUT2D eigenvalue weighted by atomic mass is 16.6. The number of carbonyl (C=O) groups is 1. The highest BCUT2D eigenvalue weighted by Crippen LogP contribution is 2.45. The highest BCUT2D eigenvalue weighted by Gasteiger charge is 2.26. The minimum absolute atomic E-state index is 0.119. The number of nitro groups is 1. The fraction of sp³-hybridized carbons (Fsp3) is 0.321. The zero-order chi connectivity index (χ0) is 25.7. The van der Waals surface area contributed by atoms with Crippen molar-refractivity contribution in [2.45, 2.75) is 46.0 Å². The van der Waals surface area contributed by atoms with Gasteiger partial charge in [0.15, 0.2) is 11.5 Å². The molecule has 1 aliphatic heterocycles. The fourth-order valence-electron chi connectivity index (χ4n) is 4.38. The number of rotatable bonds is 11. The van der Waals surface area contributed by atoms with Gasteiger partial charge in [-0.15, -0.1) is 0 Å². The Balaban J connectivity index is 1.57. The number of carboxylic acids is 1. The van der Waals surface area contributed by atoms with Crippen LogP contribution in [0.3, 0.4) is 0 Å². The Morgan fingerprint density at radius 2 is 1.72 bits per heavy atom. The van der Waals surface area contributed by atoms with Crippen molar-refractivity contribution in [3.63, 3.8) is 0 Å². The van der Waals surface area contributed by atoms with Gasteiger partial charge in [-0.2, -0.15) is 0 Å². The van der Waals surface area contributed by atoms with Crippen LogP contribution in [0.4, 0.5) is 22.7 Å². The number of hydrogen-bond acceptors (Lipinski definition) is 6. The largest absolute Gasteiger partial charge is 0.478 e. The molecule has 0 saturated heterocycles. The summed E-state index contributed by atoms with van der Waals surface area (Å²) in [6.07, 6.45) is 5.34. The van der Waals surface area contributed by atoms with E-state index >= 15 is 0 Å². The number of ether oxygens (including phenoxy) is 1. The molecule has 2 N–H and O–H groups in total. The molecule has 0 unspecified atom stereocenters. The van der Waals surface area contributed by atoms with Crippen LogP contribution in [-0.2, 0) is 6.42 Å². The SMILES string of the molecule is CCCCN(CCCC)c1cccc(Cc2ccc3c(c2)Nc2c(cc([N+](=O)[O-])cc2C(=O)O)O3)c1. The fourth-order valence-corrected chi connectivity index (χ4v) is 4.38. The molecule has 0 aliphatic carbocycles. The molecule has 8 heteroatoms. The summed E-state index contributed by atoms with van der Waals surface area (Å²) >= 11 is 0. The first kappa shape index (κ1) is 25.0. The Morgan fingerprint density at radius 1 is 1.00 bits per heavy atom. The van der Waals surface area contributed by atoms with Crippen molar-refractivity contribution >= 4 is 28.7 Å². The number of nitrogens with one attached hydrogen (secondary N) is 1. The van der Waals surface area contributed by atoms with Crippen molar-refractivity contribution in [2.24, 2.45) is 0 Å². The van der Waals surface area contributed by atoms with E-state index in [1.165, 1.54) is 17.3 Å². The zero-order valence-electron chi connectivity index (χ0n) is 20.6. The van der Waals surface area contributed by atoms with Gasteiger partial charge in [-0.1, -0.05) is 44.9 Å². The van der Waals surface area contributed by atoms with Gasteiger partial charge in [-0.05, 0) is 54.7 Å². The smallest absolute Gasteiger partial charge is 0.338 e. The van der Waals surface area contributed by atoms with Gasteiger partial charge in [0.05, 0.1) is 27.9 Å². The molecule has 8 nitrogen and oxygen atoms in total. The maximum absolute atomic E-state index is 11.8. The Labute approximate surface area is 210 Å². The normalized spacial score (nSPS) is 11.6. The predicted molar refractivity (Wildman–Crippen MR) is 141 cm³/mol. The molecule has 0 bridgehead atoms. The van der Waals surface area contributed by atoms with E-state index in [0.29, 0.717) is 17.9 Å². The lowest BCUT2D eigenvalue weighted by molar-refractivity contribution is -0.384. The van der Waals surface area contributed by atoms with Crippen LogP contribution in [0.1, 0.15) is 61.0 Å². The van der Waals surface area contributed by atoms with Gasteiger partial charge in [0, 0.05) is 24.8 Å². The first-order chi connectivity index (χ1) is 17.4. The summed E-state index contributed by atoms with van der Waals surface area (Å²) in [5.41, 5.74) is 3.75. The molecule has 0 atom stereocenters. The molecule has 0 radical (unpaired) electrons. The van der Waals surface area contributed by atoms with Gasteiger partial charge in [-0.25, -0.2) is 4.79 Å². The number of fused-ring (bicyclic) bond motifs is 2. The molecule has 3 aromatic rings. The minimum atomic E-state index is -1.27. The number of non-ortho nitro benzene ring substituents is 1. The number of unbranched alkanes of at least 4 members (excludes halogenated alkanes) is 2. The lowest BCUT2D eigenvalue weighted by atomic mass is 10.0. The molecule has 0 spiro atoms. The van der Waals surface area contributed by atoms with Crippen LogP contribution >= 0.6 is 0 Å². The van der Waals surface area contributed by atoms with Crippen molar-refractivity contribution < 1.29 is 19.6 Å². The van der Waals surface area contributed by atoms with Crippen molar-refractivity contribution in [3.05, 3.63) is 81.4 Å². The van der Waals surface area contributed by atoms with E-state index in [1.54, 1.807) is 6.07 Å². The zero-order valence-corrected chi connectivity index (χ0v) is 20.6. The molecule has 4 rings (SSSR count). The molecule has 1 heterocycles. The van der Waals surface area contributed by atoms with Gasteiger partial charge in [-0.3, -0.25) is 10.1 Å². The number of anilines is 3. The third kappa shape index (κ3) is 5.59. The van der Waals surface area contributed by atoms with Gasteiger partial charge < -0.3 is 20.1 Å². The molecule has 1 aliphatic rings. The molecule has 0 aromatic heterocycles. The van der Waals surface area contributed by atoms with Gasteiger partial charge in [0.25, 0.3) is 5.69 Å². The summed E-state index contributed by atoms with van der Waals surface area (Å²) in [7, 11) is 0. The number of carboxylic acid groups (broad SMARTS) is 1. The minimum Gasteiger partial charge on any atom is -0.478 e. The average molecular weight is 490 g/mol. The number of aromatic carboxylic acids is 1. The maximum Gasteiger partial charge on any atom is 0.338 e. The summed E-state index contributed by atoms with van der Waals surface area (Å²) in [5.74, 6) is -0.658. The predicted octanol–water partition coefficient (Wildman–Crippen LogP) is 7.14. The van der Waals surface area contributed by atoms with E-state index in [-0.39, 0.29) is 22.7 Å². The van der Waals surface area contributed by atoms with Gasteiger partial charge in [0.1, 0.15) is 0 Å². The quantitative estimate of drug-likeness (QED) is 0.170. The van der Waals surface area contributed by atoms with Crippen LogP contribution in [0, 0.1) is 10.1 Å². The number of nitrogens with zero attached hydrogens (tertiary/aromatic N) is 2. The van der Waals surface area contributed by atoms with Crippen molar-refractivity contribution in [1.82, 2.24) is 0 Å². The lowest BCUT2D eigenvalue weighted by Gasteiger charge is -2.25. The lowest BCUT2D eigenvalue weighted by Crippen LogP contribution is -2.25. The molecule has 0 saturated carbocycles. The Morgan fingerprint density at radius 3 is 2.39 bits per heavy atom. The van der Waals surface area contributed by atoms with Gasteiger partial charge >= 0.3 is 5.97 Å². The molecule has 36 heavy (non-hydrogen) atoms. The highest BCUT2D eigenvalue weighted by molar-refractivity contribution is 5.99. The second-order valence-corrected chi connectivity index (χ2v) is 9.03. The number of hydrogen-bond donors (Lipinski definition) is 2. The summed E-state index contributed by atoms with van der Waals surface area (Å²) in [6.45, 7) is 6.51. The third-order valence-corrected chi connectivity index (χ3v) is 6.30. The monoisotopic (exact) mass is 489 g/mol. The Hall–Kier alpha value is -4.07. The van der Waals surface area contributed by atoms with Crippen LogP contribution < -0.4 is 15.0 Å². The number of nitro benzene ring substituents is 1. The molecule has 3 aromatic carbocycles. The maximum atomic E-state index is 11.8. The molecule has 0 fully saturated rings. The molecular formula is C28H31N3O5. The van der Waals surface area contributed by atoms with E-state index in [2.05, 4.69) is 48.3 Å². The first-order valence-electron chi connectivity index (χ1n) is 12.4. The molecule has 0 amide bonds. The van der Waals surface area contributed by atoms with Crippen LogP contribution in [0.5, 0.6) is 11.5 Å². The topological polar surface area (TPSA) is 105 Å². The van der Waals surface area contributed by atoms with E-state index < -0.39 is 10.9 Å². The molecular weight excluding hydrogens is 458 g/mol. The Kier molecular flexibility index (Phi) is 7.73. The standard InChI is InChI=1S/C28H31N3O5/c1-3-5-12-30(13-6-4-2)21-9-7-8-19(15-21)14-20-10-11-25-24(16-20)29-27-23(28(32)33)17-22(31(34)35)18-26(27)36-25/h7-11,15-18,29H,3-6,12-14H2,1-2H3,(H,32,33). The van der Waals surface area contributed by atoms with Crippen molar-refractivity contribution in [3.8, 4) is 11.5 Å². The summed E-state index contributed by atoms with van der Waals surface area (Å²) < 4.78 is 5.85. The Bertz CT molecular complexity index is 1270. The van der Waals surface area contributed by atoms with Crippen LogP contribution in [-0.4, -0.2) is 29.1 Å². The van der Waals surface area contributed by atoms with Crippen LogP contribution in [0.15, 0.2) is 54.6 Å². The third-order valence-electron chi connectivity index (χ3n) is 6.30. The average Bonchev–Trinajstić information content (AvgIpc) is 2.87. The van der Waals surface area contributed by atoms with E-state index in [0.717, 1.165) is 50.4 Å². The first-order valence-corrected chi connectivity index (χ1v) is 12.4. The van der Waals surface area contributed by atoms with E-state index in [9.17, 15) is 20.0 Å². The summed E-state index contributed by atoms with van der Waals surface area (Å²) in [6, 6.07) is 16.6. The van der Waals surface area contributed by atoms with Crippen LogP contribution in [0.25, 0.3) is 0 Å². The van der Waals surface area contributed by atoms with E-state index in [1.807, 2.05) is 12.1 Å². The summed E-state index contributed by atoms with van der Waals surface area (Å²) in [4.78, 5) is 24.8. The second kappa shape index (κ2) is 11.1. The van der Waals surface area contributed by atoms with Crippen LogP contribution in [0.2, 0.25) is 0 Å². The summed E-state index contributed by atoms with van der Waals surface area (Å²) in [5, 5.41) is 24.0. The van der Waals surface area contributed by atoms with Crippen molar-refractivity contribution in [2.75, 3.05) is 23.3 Å². The molecule has 188 valence electrons. The second-order valence-electron chi connectivity index (χ2n) is 9.03. The van der Waals surface area contributed by atoms with E-state index in [4.69, 9.17) is 4.74 Å². The van der Waals surface area contributed by atoms with Crippen molar-refractivity contribution in [1.29, 1.82) is 0 Å².